The molecule has 1 N–H and O–H groups in total. The minimum atomic E-state index is -4.07. The molecule has 0 aliphatic carbocycles. The first-order valence-corrected chi connectivity index (χ1v) is 2.57. The van der Waals surface area contributed by atoms with Crippen molar-refractivity contribution in [1.82, 2.24) is 5.32 Å². The van der Waals surface area contributed by atoms with E-state index in [1.54, 1.807) is 0 Å². The van der Waals surface area contributed by atoms with Crippen molar-refractivity contribution in [3.05, 3.63) is 12.3 Å². The Balaban J connectivity index is 2.53. The lowest BCUT2D eigenvalue weighted by Gasteiger charge is -2.10. The van der Waals surface area contributed by atoms with Gasteiger partial charge in [-0.2, -0.15) is 13.2 Å². The molecule has 1 aliphatic rings. The molecule has 1 aliphatic heterocycles. The number of halogens is 3. The monoisotopic (exact) mass is 137 g/mol. The van der Waals surface area contributed by atoms with E-state index in [0.717, 1.165) is 6.08 Å². The van der Waals surface area contributed by atoms with Crippen LogP contribution in [-0.2, 0) is 0 Å². The Labute approximate surface area is 50.6 Å². The number of rotatable bonds is 0. The maximum atomic E-state index is 11.7. The van der Waals surface area contributed by atoms with Crippen LogP contribution in [0.3, 0.4) is 0 Å². The minimum absolute atomic E-state index is 0.0104. The zero-order chi connectivity index (χ0) is 6.91. The Kier molecular flexibility index (Phi) is 1.38. The number of alkyl halides is 3. The van der Waals surface area contributed by atoms with Crippen molar-refractivity contribution in [2.45, 2.75) is 6.18 Å². The van der Waals surface area contributed by atoms with Gasteiger partial charge in [-0.3, -0.25) is 0 Å². The Hall–Kier alpha value is -0.670. The summed E-state index contributed by atoms with van der Waals surface area (Å²) in [6, 6.07) is 0. The highest BCUT2D eigenvalue weighted by atomic mass is 19.4. The molecule has 0 aromatic carbocycles. The zero-order valence-electron chi connectivity index (χ0n) is 4.57. The van der Waals surface area contributed by atoms with Gasteiger partial charge in [-0.15, -0.1) is 0 Å². The van der Waals surface area contributed by atoms with Crippen LogP contribution in [0.4, 0.5) is 13.2 Å². The van der Waals surface area contributed by atoms with E-state index in [0.29, 0.717) is 0 Å². The third kappa shape index (κ3) is 1.37. The van der Waals surface area contributed by atoms with Crippen LogP contribution in [0, 0.1) is 5.92 Å². The topological polar surface area (TPSA) is 12.0 Å². The molecule has 1 rings (SSSR count). The van der Waals surface area contributed by atoms with E-state index in [1.165, 1.54) is 6.20 Å². The Morgan fingerprint density at radius 1 is 1.44 bits per heavy atom. The average molecular weight is 137 g/mol. The van der Waals surface area contributed by atoms with E-state index in [4.69, 9.17) is 0 Å². The second-order valence-electron chi connectivity index (χ2n) is 1.92. The van der Waals surface area contributed by atoms with Crippen LogP contribution in [-0.4, -0.2) is 12.7 Å². The van der Waals surface area contributed by atoms with Crippen molar-refractivity contribution in [2.24, 2.45) is 5.92 Å². The van der Waals surface area contributed by atoms with Gasteiger partial charge in [0.15, 0.2) is 0 Å². The Morgan fingerprint density at radius 3 is 2.33 bits per heavy atom. The van der Waals surface area contributed by atoms with E-state index in [2.05, 4.69) is 5.32 Å². The van der Waals surface area contributed by atoms with Gasteiger partial charge in [-0.05, 0) is 6.20 Å². The van der Waals surface area contributed by atoms with Crippen molar-refractivity contribution in [3.8, 4) is 0 Å². The molecule has 9 heavy (non-hydrogen) atoms. The van der Waals surface area contributed by atoms with Gasteiger partial charge in [0, 0.05) is 6.54 Å². The molecule has 1 nitrogen and oxygen atoms in total. The van der Waals surface area contributed by atoms with Crippen molar-refractivity contribution in [1.29, 1.82) is 0 Å². The highest BCUT2D eigenvalue weighted by molar-refractivity contribution is 4.98. The summed E-state index contributed by atoms with van der Waals surface area (Å²) in [7, 11) is 0. The van der Waals surface area contributed by atoms with Crippen molar-refractivity contribution in [3.63, 3.8) is 0 Å². The van der Waals surface area contributed by atoms with Crippen LogP contribution in [0.15, 0.2) is 12.3 Å². The maximum absolute atomic E-state index is 11.7. The quantitative estimate of drug-likeness (QED) is 0.530. The molecule has 4 heteroatoms. The van der Waals surface area contributed by atoms with Gasteiger partial charge in [-0.25, -0.2) is 0 Å². The first-order valence-electron chi connectivity index (χ1n) is 2.57. The lowest BCUT2D eigenvalue weighted by atomic mass is 10.2. The van der Waals surface area contributed by atoms with Crippen LogP contribution in [0.2, 0.25) is 0 Å². The SMILES string of the molecule is FC(F)(F)C1C=CNC1. The molecule has 0 aromatic heterocycles. The van der Waals surface area contributed by atoms with Crippen molar-refractivity contribution >= 4 is 0 Å². The third-order valence-electron chi connectivity index (χ3n) is 1.20. The number of nitrogens with one attached hydrogen (secondary N) is 1. The second kappa shape index (κ2) is 1.93. The van der Waals surface area contributed by atoms with E-state index < -0.39 is 12.1 Å². The third-order valence-corrected chi connectivity index (χ3v) is 1.20. The first kappa shape index (κ1) is 6.45. The molecule has 0 bridgehead atoms. The zero-order valence-corrected chi connectivity index (χ0v) is 4.57. The van der Waals surface area contributed by atoms with Gasteiger partial charge in [0.25, 0.3) is 0 Å². The summed E-state index contributed by atoms with van der Waals surface area (Å²) in [5.41, 5.74) is 0. The molecule has 0 aromatic rings. The van der Waals surface area contributed by atoms with Gasteiger partial charge in [-0.1, -0.05) is 6.08 Å². The fourth-order valence-electron chi connectivity index (χ4n) is 0.672. The summed E-state index contributed by atoms with van der Waals surface area (Å²) < 4.78 is 35.0. The Morgan fingerprint density at radius 2 is 2.11 bits per heavy atom. The molecule has 0 spiro atoms. The summed E-state index contributed by atoms with van der Waals surface area (Å²) in [5.74, 6) is -1.28. The van der Waals surface area contributed by atoms with Crippen LogP contribution < -0.4 is 5.32 Å². The molecule has 52 valence electrons. The maximum Gasteiger partial charge on any atom is 0.396 e. The van der Waals surface area contributed by atoms with Crippen LogP contribution >= 0.6 is 0 Å². The fourth-order valence-corrected chi connectivity index (χ4v) is 0.672. The van der Waals surface area contributed by atoms with E-state index in [1.807, 2.05) is 0 Å². The van der Waals surface area contributed by atoms with Crippen molar-refractivity contribution in [2.75, 3.05) is 6.54 Å². The van der Waals surface area contributed by atoms with Gasteiger partial charge in [0.2, 0.25) is 0 Å². The normalized spacial score (nSPS) is 26.3. The predicted octanol–water partition coefficient (Wildman–Crippen LogP) is 1.28. The van der Waals surface area contributed by atoms with Gasteiger partial charge in [0.1, 0.15) is 0 Å². The molecule has 1 unspecified atom stereocenters. The predicted molar refractivity (Wildman–Crippen MR) is 26.7 cm³/mol. The summed E-state index contributed by atoms with van der Waals surface area (Å²) in [6.45, 7) is -0.0104. The van der Waals surface area contributed by atoms with Crippen LogP contribution in [0.5, 0.6) is 0 Å². The molecule has 0 radical (unpaired) electrons. The molecule has 0 amide bonds. The van der Waals surface area contributed by atoms with E-state index >= 15 is 0 Å². The summed E-state index contributed by atoms with van der Waals surface area (Å²) in [6.07, 6.45) is -1.61. The molecule has 0 saturated heterocycles. The fraction of sp³-hybridized carbons (Fsp3) is 0.600. The Bertz CT molecular complexity index is 127. The second-order valence-corrected chi connectivity index (χ2v) is 1.92. The molecular weight excluding hydrogens is 131 g/mol. The lowest BCUT2D eigenvalue weighted by molar-refractivity contribution is -0.157. The average Bonchev–Trinajstić information content (AvgIpc) is 2.08. The minimum Gasteiger partial charge on any atom is -0.390 e. The lowest BCUT2D eigenvalue weighted by Crippen LogP contribution is -2.25. The van der Waals surface area contributed by atoms with Gasteiger partial charge < -0.3 is 5.32 Å². The number of hydrogen-bond acceptors (Lipinski definition) is 1. The molecule has 1 atom stereocenters. The van der Waals surface area contributed by atoms with E-state index in [-0.39, 0.29) is 6.54 Å². The van der Waals surface area contributed by atoms with Gasteiger partial charge >= 0.3 is 6.18 Å². The molecule has 1 heterocycles. The summed E-state index contributed by atoms with van der Waals surface area (Å²) >= 11 is 0. The molecular formula is C5H6F3N. The molecule has 0 fully saturated rings. The van der Waals surface area contributed by atoms with Crippen molar-refractivity contribution < 1.29 is 13.2 Å². The highest BCUT2D eigenvalue weighted by Gasteiger charge is 2.38. The summed E-state index contributed by atoms with van der Waals surface area (Å²) in [5, 5.41) is 2.48. The highest BCUT2D eigenvalue weighted by Crippen LogP contribution is 2.28. The van der Waals surface area contributed by atoms with E-state index in [9.17, 15) is 13.2 Å². The standard InChI is InChI=1S/C5H6F3N/c6-5(7,8)4-1-2-9-3-4/h1-2,4,9H,3H2. The molecule has 0 saturated carbocycles. The summed E-state index contributed by atoms with van der Waals surface area (Å²) in [4.78, 5) is 0. The van der Waals surface area contributed by atoms with Crippen LogP contribution in [0.25, 0.3) is 0 Å². The number of hydrogen-bond donors (Lipinski definition) is 1. The van der Waals surface area contributed by atoms with Crippen LogP contribution in [0.1, 0.15) is 0 Å². The van der Waals surface area contributed by atoms with Gasteiger partial charge in [0.05, 0.1) is 5.92 Å². The largest absolute Gasteiger partial charge is 0.396 e. The smallest absolute Gasteiger partial charge is 0.390 e. The first-order chi connectivity index (χ1) is 4.11.